The normalized spacial score (nSPS) is 10.2. The Labute approximate surface area is 121 Å². The fourth-order valence-electron chi connectivity index (χ4n) is 1.88. The Bertz CT molecular complexity index is 657. The van der Waals surface area contributed by atoms with Gasteiger partial charge in [-0.05, 0) is 29.8 Å². The molecule has 0 aliphatic carbocycles. The molecule has 0 radical (unpaired) electrons. The lowest BCUT2D eigenvalue weighted by atomic mass is 10.1. The minimum Gasteiger partial charge on any atom is -0.497 e. The molecule has 5 N–H and O–H groups in total. The van der Waals surface area contributed by atoms with Gasteiger partial charge in [0, 0.05) is 12.2 Å². The SMILES string of the molecule is COc1ccc(CNc2cc(C(N)=O)c(N)cc2F)cc1. The largest absolute Gasteiger partial charge is 0.497 e. The minimum absolute atomic E-state index is 0.0231. The third-order valence-corrected chi connectivity index (χ3v) is 3.05. The van der Waals surface area contributed by atoms with E-state index in [2.05, 4.69) is 5.32 Å². The van der Waals surface area contributed by atoms with E-state index < -0.39 is 11.7 Å². The van der Waals surface area contributed by atoms with Crippen LogP contribution in [0.25, 0.3) is 0 Å². The number of ether oxygens (including phenoxy) is 1. The Balaban J connectivity index is 2.15. The molecule has 110 valence electrons. The number of benzene rings is 2. The number of methoxy groups -OCH3 is 1. The number of rotatable bonds is 5. The summed E-state index contributed by atoms with van der Waals surface area (Å²) in [6.45, 7) is 0.392. The van der Waals surface area contributed by atoms with E-state index in [0.717, 1.165) is 17.4 Å². The van der Waals surface area contributed by atoms with Gasteiger partial charge in [-0.3, -0.25) is 4.79 Å². The first-order chi connectivity index (χ1) is 10.0. The van der Waals surface area contributed by atoms with Gasteiger partial charge in [0.25, 0.3) is 5.91 Å². The standard InChI is InChI=1S/C15H16FN3O2/c1-21-10-4-2-9(3-5-10)8-19-14-6-11(15(18)20)13(17)7-12(14)16/h2-7,19H,8,17H2,1H3,(H2,18,20). The summed E-state index contributed by atoms with van der Waals surface area (Å²) in [6, 6.07) is 9.73. The van der Waals surface area contributed by atoms with Gasteiger partial charge in [-0.15, -0.1) is 0 Å². The summed E-state index contributed by atoms with van der Waals surface area (Å²) in [5.74, 6) is -0.487. The maximum absolute atomic E-state index is 13.8. The molecule has 0 atom stereocenters. The molecule has 0 bridgehead atoms. The topological polar surface area (TPSA) is 90.4 Å². The molecule has 5 nitrogen and oxygen atoms in total. The van der Waals surface area contributed by atoms with Crippen LogP contribution in [0.2, 0.25) is 0 Å². The van der Waals surface area contributed by atoms with E-state index in [4.69, 9.17) is 16.2 Å². The van der Waals surface area contributed by atoms with Crippen molar-refractivity contribution >= 4 is 17.3 Å². The van der Waals surface area contributed by atoms with E-state index in [9.17, 15) is 9.18 Å². The molecule has 1 amide bonds. The quantitative estimate of drug-likeness (QED) is 0.735. The molecule has 2 aromatic carbocycles. The summed E-state index contributed by atoms with van der Waals surface area (Å²) in [5.41, 5.74) is 12.0. The van der Waals surface area contributed by atoms with Gasteiger partial charge >= 0.3 is 0 Å². The predicted octanol–water partition coefficient (Wildman–Crippen LogP) is 2.13. The molecule has 0 fully saturated rings. The van der Waals surface area contributed by atoms with E-state index in [-0.39, 0.29) is 16.9 Å². The van der Waals surface area contributed by atoms with Gasteiger partial charge in [0.1, 0.15) is 11.6 Å². The number of amides is 1. The number of carbonyl (C=O) groups excluding carboxylic acids is 1. The van der Waals surface area contributed by atoms with E-state index in [1.54, 1.807) is 7.11 Å². The van der Waals surface area contributed by atoms with Crippen molar-refractivity contribution in [3.8, 4) is 5.75 Å². The molecular weight excluding hydrogens is 273 g/mol. The highest BCUT2D eigenvalue weighted by Gasteiger charge is 2.11. The number of hydrogen-bond acceptors (Lipinski definition) is 4. The van der Waals surface area contributed by atoms with Crippen molar-refractivity contribution in [1.82, 2.24) is 0 Å². The third-order valence-electron chi connectivity index (χ3n) is 3.05. The van der Waals surface area contributed by atoms with Crippen molar-refractivity contribution in [2.24, 2.45) is 5.73 Å². The third kappa shape index (κ3) is 3.42. The molecule has 21 heavy (non-hydrogen) atoms. The second-order valence-electron chi connectivity index (χ2n) is 4.49. The summed E-state index contributed by atoms with van der Waals surface area (Å²) in [5, 5.41) is 2.91. The number of nitrogen functional groups attached to an aromatic ring is 1. The average molecular weight is 289 g/mol. The Morgan fingerprint density at radius 3 is 2.52 bits per heavy atom. The van der Waals surface area contributed by atoms with E-state index >= 15 is 0 Å². The van der Waals surface area contributed by atoms with Crippen LogP contribution in [0.1, 0.15) is 15.9 Å². The maximum atomic E-state index is 13.8. The summed E-state index contributed by atoms with van der Waals surface area (Å²) < 4.78 is 18.9. The molecule has 0 aliphatic heterocycles. The fraction of sp³-hybridized carbons (Fsp3) is 0.133. The number of carbonyl (C=O) groups is 1. The van der Waals surface area contributed by atoms with Gasteiger partial charge in [-0.2, -0.15) is 0 Å². The van der Waals surface area contributed by atoms with Gasteiger partial charge in [-0.25, -0.2) is 4.39 Å². The molecule has 2 rings (SSSR count). The number of halogens is 1. The molecule has 0 aromatic heterocycles. The Hall–Kier alpha value is -2.76. The monoisotopic (exact) mass is 289 g/mol. The van der Waals surface area contributed by atoms with Crippen LogP contribution < -0.4 is 21.5 Å². The Morgan fingerprint density at radius 2 is 1.95 bits per heavy atom. The van der Waals surface area contributed by atoms with Crippen LogP contribution in [0.4, 0.5) is 15.8 Å². The minimum atomic E-state index is -0.694. The molecule has 0 saturated heterocycles. The van der Waals surface area contributed by atoms with Crippen LogP contribution in [0, 0.1) is 5.82 Å². The maximum Gasteiger partial charge on any atom is 0.250 e. The summed E-state index contributed by atoms with van der Waals surface area (Å²) in [7, 11) is 1.59. The molecule has 2 aromatic rings. The zero-order chi connectivity index (χ0) is 15.4. The number of nitrogens with one attached hydrogen (secondary N) is 1. The van der Waals surface area contributed by atoms with Crippen molar-refractivity contribution in [3.05, 3.63) is 53.3 Å². The van der Waals surface area contributed by atoms with Crippen LogP contribution in [0.15, 0.2) is 36.4 Å². The number of primary amides is 1. The van der Waals surface area contributed by atoms with Crippen molar-refractivity contribution in [3.63, 3.8) is 0 Å². The predicted molar refractivity (Wildman–Crippen MR) is 79.7 cm³/mol. The van der Waals surface area contributed by atoms with Gasteiger partial charge < -0.3 is 21.5 Å². The molecule has 0 heterocycles. The van der Waals surface area contributed by atoms with Gasteiger partial charge in [0.05, 0.1) is 18.4 Å². The molecule has 0 unspecified atom stereocenters. The number of nitrogens with two attached hydrogens (primary N) is 2. The highest BCUT2D eigenvalue weighted by Crippen LogP contribution is 2.22. The first kappa shape index (κ1) is 14.6. The van der Waals surface area contributed by atoms with Crippen molar-refractivity contribution in [2.45, 2.75) is 6.54 Å². The van der Waals surface area contributed by atoms with Crippen LogP contribution in [0.5, 0.6) is 5.75 Å². The van der Waals surface area contributed by atoms with Gasteiger partial charge in [0.15, 0.2) is 0 Å². The highest BCUT2D eigenvalue weighted by molar-refractivity contribution is 5.99. The lowest BCUT2D eigenvalue weighted by Gasteiger charge is -2.11. The van der Waals surface area contributed by atoms with Gasteiger partial charge in [0.2, 0.25) is 0 Å². The lowest BCUT2D eigenvalue weighted by molar-refractivity contribution is 0.100. The first-order valence-electron chi connectivity index (χ1n) is 6.27. The summed E-state index contributed by atoms with van der Waals surface area (Å²) in [4.78, 5) is 11.2. The molecule has 0 saturated carbocycles. The zero-order valence-corrected chi connectivity index (χ0v) is 11.5. The Morgan fingerprint density at radius 1 is 1.29 bits per heavy atom. The fourth-order valence-corrected chi connectivity index (χ4v) is 1.88. The second-order valence-corrected chi connectivity index (χ2v) is 4.49. The smallest absolute Gasteiger partial charge is 0.250 e. The second kappa shape index (κ2) is 6.13. The highest BCUT2D eigenvalue weighted by atomic mass is 19.1. The van der Waals surface area contributed by atoms with E-state index in [1.807, 2.05) is 24.3 Å². The average Bonchev–Trinajstić information content (AvgIpc) is 2.46. The van der Waals surface area contributed by atoms with Crippen molar-refractivity contribution < 1.29 is 13.9 Å². The van der Waals surface area contributed by atoms with E-state index in [0.29, 0.717) is 6.54 Å². The Kier molecular flexibility index (Phi) is 4.27. The van der Waals surface area contributed by atoms with Gasteiger partial charge in [-0.1, -0.05) is 12.1 Å². The first-order valence-corrected chi connectivity index (χ1v) is 6.27. The van der Waals surface area contributed by atoms with Crippen LogP contribution in [0.3, 0.4) is 0 Å². The van der Waals surface area contributed by atoms with Crippen molar-refractivity contribution in [1.29, 1.82) is 0 Å². The number of anilines is 2. The lowest BCUT2D eigenvalue weighted by Crippen LogP contribution is -2.15. The molecule has 0 aliphatic rings. The molecule has 0 spiro atoms. The van der Waals surface area contributed by atoms with Crippen LogP contribution >= 0.6 is 0 Å². The molecule has 6 heteroatoms. The summed E-state index contributed by atoms with van der Waals surface area (Å²) in [6.07, 6.45) is 0. The van der Waals surface area contributed by atoms with Crippen LogP contribution in [-0.2, 0) is 6.54 Å². The number of hydrogen-bond donors (Lipinski definition) is 3. The van der Waals surface area contributed by atoms with E-state index in [1.165, 1.54) is 6.07 Å². The summed E-state index contributed by atoms with van der Waals surface area (Å²) >= 11 is 0. The van der Waals surface area contributed by atoms with Crippen LogP contribution in [-0.4, -0.2) is 13.0 Å². The zero-order valence-electron chi connectivity index (χ0n) is 11.5. The molecular formula is C15H16FN3O2. The van der Waals surface area contributed by atoms with Crippen molar-refractivity contribution in [2.75, 3.05) is 18.2 Å².